The second kappa shape index (κ2) is 4.88. The lowest BCUT2D eigenvalue weighted by atomic mass is 9.93. The van der Waals surface area contributed by atoms with Crippen LogP contribution >= 0.6 is 0 Å². The van der Waals surface area contributed by atoms with Gasteiger partial charge >= 0.3 is 0 Å². The van der Waals surface area contributed by atoms with Crippen LogP contribution < -0.4 is 5.32 Å². The minimum atomic E-state index is 0.338. The predicted molar refractivity (Wildman–Crippen MR) is 84.3 cm³/mol. The van der Waals surface area contributed by atoms with Crippen LogP contribution in [-0.2, 0) is 13.5 Å². The highest BCUT2D eigenvalue weighted by atomic mass is 15.3. The summed E-state index contributed by atoms with van der Waals surface area (Å²) in [5.41, 5.74) is 4.80. The van der Waals surface area contributed by atoms with Gasteiger partial charge in [0.25, 0.3) is 0 Å². The van der Waals surface area contributed by atoms with E-state index in [1.807, 2.05) is 42.3 Å². The van der Waals surface area contributed by atoms with Gasteiger partial charge in [-0.15, -0.1) is 0 Å². The van der Waals surface area contributed by atoms with E-state index in [0.717, 1.165) is 24.0 Å². The number of nitrogens with one attached hydrogen (secondary N) is 1. The number of benzene rings is 1. The number of nitrogens with zero attached hydrogens (tertiary/aromatic N) is 3. The van der Waals surface area contributed by atoms with Gasteiger partial charge in [0.2, 0.25) is 0 Å². The molecule has 0 saturated heterocycles. The molecule has 2 heterocycles. The third-order valence-corrected chi connectivity index (χ3v) is 4.31. The van der Waals surface area contributed by atoms with Crippen LogP contribution in [0.15, 0.2) is 42.7 Å². The van der Waals surface area contributed by atoms with Gasteiger partial charge in [0.1, 0.15) is 0 Å². The predicted octanol–water partition coefficient (Wildman–Crippen LogP) is 3.46. The van der Waals surface area contributed by atoms with E-state index in [9.17, 15) is 0 Å². The first-order chi connectivity index (χ1) is 10.3. The van der Waals surface area contributed by atoms with E-state index in [2.05, 4.69) is 27.5 Å². The van der Waals surface area contributed by atoms with Gasteiger partial charge in [-0.2, -0.15) is 5.10 Å². The van der Waals surface area contributed by atoms with Gasteiger partial charge in [-0.05, 0) is 31.4 Å². The summed E-state index contributed by atoms with van der Waals surface area (Å²) in [4.78, 5) is 4.52. The fourth-order valence-corrected chi connectivity index (χ4v) is 3.21. The number of anilines is 1. The number of aromatic nitrogens is 3. The average Bonchev–Trinajstić information content (AvgIpc) is 2.90. The van der Waals surface area contributed by atoms with Crippen LogP contribution in [0.25, 0.3) is 10.9 Å². The molecule has 21 heavy (non-hydrogen) atoms. The van der Waals surface area contributed by atoms with Crippen LogP contribution in [0.5, 0.6) is 0 Å². The van der Waals surface area contributed by atoms with Crippen LogP contribution in [0, 0.1) is 0 Å². The minimum Gasteiger partial charge on any atom is -0.377 e. The molecular weight excluding hydrogens is 260 g/mol. The van der Waals surface area contributed by atoms with E-state index in [1.165, 1.54) is 23.1 Å². The molecule has 1 N–H and O–H groups in total. The van der Waals surface area contributed by atoms with E-state index in [0.29, 0.717) is 6.04 Å². The second-order valence-electron chi connectivity index (χ2n) is 5.68. The molecule has 0 spiro atoms. The van der Waals surface area contributed by atoms with Gasteiger partial charge in [-0.3, -0.25) is 9.67 Å². The molecule has 4 rings (SSSR count). The Morgan fingerprint density at radius 3 is 3.10 bits per heavy atom. The van der Waals surface area contributed by atoms with Crippen molar-refractivity contribution in [2.24, 2.45) is 7.05 Å². The van der Waals surface area contributed by atoms with Crippen LogP contribution in [0.4, 0.5) is 5.69 Å². The highest BCUT2D eigenvalue weighted by Crippen LogP contribution is 2.32. The molecule has 3 aromatic rings. The third-order valence-electron chi connectivity index (χ3n) is 4.31. The van der Waals surface area contributed by atoms with Gasteiger partial charge in [-0.1, -0.05) is 18.2 Å². The Bertz CT molecular complexity index is 790. The van der Waals surface area contributed by atoms with Gasteiger partial charge in [0, 0.05) is 23.7 Å². The lowest BCUT2D eigenvalue weighted by Crippen LogP contribution is -2.17. The zero-order valence-corrected chi connectivity index (χ0v) is 12.1. The first-order valence-corrected chi connectivity index (χ1v) is 7.43. The molecule has 1 atom stereocenters. The molecule has 1 aliphatic rings. The van der Waals surface area contributed by atoms with Crippen molar-refractivity contribution in [3.63, 3.8) is 0 Å². The molecule has 0 saturated carbocycles. The molecule has 1 unspecified atom stereocenters. The molecule has 0 amide bonds. The minimum absolute atomic E-state index is 0.338. The van der Waals surface area contributed by atoms with E-state index in [4.69, 9.17) is 0 Å². The van der Waals surface area contributed by atoms with Crippen LogP contribution in [0.1, 0.15) is 30.1 Å². The Balaban J connectivity index is 1.66. The van der Waals surface area contributed by atoms with E-state index in [1.54, 1.807) is 0 Å². The number of hydrogen-bond acceptors (Lipinski definition) is 3. The molecule has 1 aromatic carbocycles. The zero-order chi connectivity index (χ0) is 14.2. The summed E-state index contributed by atoms with van der Waals surface area (Å²) >= 11 is 0. The Hall–Kier alpha value is -2.36. The summed E-state index contributed by atoms with van der Waals surface area (Å²) in [6.45, 7) is 0. The normalized spacial score (nSPS) is 17.7. The number of pyridine rings is 1. The molecular formula is C17H18N4. The summed E-state index contributed by atoms with van der Waals surface area (Å²) in [5, 5.41) is 9.20. The summed E-state index contributed by atoms with van der Waals surface area (Å²) < 4.78 is 2.00. The molecule has 4 nitrogen and oxygen atoms in total. The van der Waals surface area contributed by atoms with Crippen molar-refractivity contribution in [1.82, 2.24) is 14.8 Å². The average molecular weight is 278 g/mol. The highest BCUT2D eigenvalue weighted by Gasteiger charge is 2.23. The van der Waals surface area contributed by atoms with Crippen molar-refractivity contribution < 1.29 is 0 Å². The third kappa shape index (κ3) is 2.17. The highest BCUT2D eigenvalue weighted by molar-refractivity contribution is 5.81. The SMILES string of the molecule is Cn1ncc2c1CCCC2Nc1cnc2ccccc2c1. The largest absolute Gasteiger partial charge is 0.377 e. The summed E-state index contributed by atoms with van der Waals surface area (Å²) in [5.74, 6) is 0. The smallest absolute Gasteiger partial charge is 0.0703 e. The van der Waals surface area contributed by atoms with Crippen molar-refractivity contribution in [2.45, 2.75) is 25.3 Å². The van der Waals surface area contributed by atoms with Gasteiger partial charge in [0.15, 0.2) is 0 Å². The molecule has 106 valence electrons. The zero-order valence-electron chi connectivity index (χ0n) is 12.1. The molecule has 2 aromatic heterocycles. The van der Waals surface area contributed by atoms with Crippen molar-refractivity contribution in [2.75, 3.05) is 5.32 Å². The Morgan fingerprint density at radius 2 is 2.14 bits per heavy atom. The molecule has 0 bridgehead atoms. The monoisotopic (exact) mass is 278 g/mol. The number of rotatable bonds is 2. The maximum atomic E-state index is 4.52. The van der Waals surface area contributed by atoms with E-state index >= 15 is 0 Å². The lowest BCUT2D eigenvalue weighted by molar-refractivity contribution is 0.571. The van der Waals surface area contributed by atoms with Gasteiger partial charge < -0.3 is 5.32 Å². The van der Waals surface area contributed by atoms with Crippen LogP contribution in [0.3, 0.4) is 0 Å². The first-order valence-electron chi connectivity index (χ1n) is 7.43. The summed E-state index contributed by atoms with van der Waals surface area (Å²) in [6, 6.07) is 10.7. The van der Waals surface area contributed by atoms with Crippen molar-refractivity contribution in [3.8, 4) is 0 Å². The maximum absolute atomic E-state index is 4.52. The molecule has 0 aliphatic heterocycles. The van der Waals surface area contributed by atoms with Crippen molar-refractivity contribution in [3.05, 3.63) is 54.0 Å². The van der Waals surface area contributed by atoms with Crippen molar-refractivity contribution in [1.29, 1.82) is 0 Å². The molecule has 1 aliphatic carbocycles. The molecule has 0 fully saturated rings. The van der Waals surface area contributed by atoms with Crippen molar-refractivity contribution >= 4 is 16.6 Å². The summed E-state index contributed by atoms with van der Waals surface area (Å²) in [7, 11) is 2.03. The topological polar surface area (TPSA) is 42.7 Å². The second-order valence-corrected chi connectivity index (χ2v) is 5.68. The van der Waals surface area contributed by atoms with Crippen LogP contribution in [-0.4, -0.2) is 14.8 Å². The molecule has 4 heteroatoms. The van der Waals surface area contributed by atoms with E-state index in [-0.39, 0.29) is 0 Å². The fourth-order valence-electron chi connectivity index (χ4n) is 3.21. The Morgan fingerprint density at radius 1 is 1.24 bits per heavy atom. The fraction of sp³-hybridized carbons (Fsp3) is 0.294. The number of aryl methyl sites for hydroxylation is 1. The number of hydrogen-bond donors (Lipinski definition) is 1. The Kier molecular flexibility index (Phi) is 2.88. The van der Waals surface area contributed by atoms with E-state index < -0.39 is 0 Å². The summed E-state index contributed by atoms with van der Waals surface area (Å²) in [6.07, 6.45) is 7.39. The first kappa shape index (κ1) is 12.4. The maximum Gasteiger partial charge on any atom is 0.0703 e. The quantitative estimate of drug-likeness (QED) is 0.780. The number of para-hydroxylation sites is 1. The van der Waals surface area contributed by atoms with Crippen LogP contribution in [0.2, 0.25) is 0 Å². The Labute approximate surface area is 123 Å². The molecule has 0 radical (unpaired) electrons. The van der Waals surface area contributed by atoms with Gasteiger partial charge in [-0.25, -0.2) is 0 Å². The standard InChI is InChI=1S/C17H18N4/c1-21-17-8-4-7-16(14(17)11-19-21)20-13-9-12-5-2-3-6-15(12)18-10-13/h2-3,5-6,9-11,16,20H,4,7-8H2,1H3. The number of fused-ring (bicyclic) bond motifs is 2. The van der Waals surface area contributed by atoms with Gasteiger partial charge in [0.05, 0.1) is 29.6 Å². The lowest BCUT2D eigenvalue weighted by Gasteiger charge is -2.24.